The van der Waals surface area contributed by atoms with Gasteiger partial charge in [-0.3, -0.25) is 4.90 Å². The lowest BCUT2D eigenvalue weighted by Crippen LogP contribution is -2.52. The summed E-state index contributed by atoms with van der Waals surface area (Å²) in [6, 6.07) is 1.45. The summed E-state index contributed by atoms with van der Waals surface area (Å²) in [5, 5.41) is 3.90. The highest BCUT2D eigenvalue weighted by Crippen LogP contribution is 2.26. The van der Waals surface area contributed by atoms with Gasteiger partial charge in [0.15, 0.2) is 0 Å². The van der Waals surface area contributed by atoms with Gasteiger partial charge in [-0.05, 0) is 57.9 Å². The van der Waals surface area contributed by atoms with Gasteiger partial charge in [0.25, 0.3) is 0 Å². The van der Waals surface area contributed by atoms with E-state index in [0.29, 0.717) is 6.04 Å². The molecule has 1 N–H and O–H groups in total. The summed E-state index contributed by atoms with van der Waals surface area (Å²) in [4.78, 5) is 2.69. The van der Waals surface area contributed by atoms with E-state index in [2.05, 4.69) is 31.0 Å². The van der Waals surface area contributed by atoms with Gasteiger partial charge in [0.2, 0.25) is 0 Å². The van der Waals surface area contributed by atoms with Gasteiger partial charge in [-0.1, -0.05) is 26.2 Å². The molecule has 2 nitrogen and oxygen atoms in total. The number of piperidine rings is 1. The summed E-state index contributed by atoms with van der Waals surface area (Å²) in [5.74, 6) is 1.89. The maximum atomic E-state index is 3.90. The van der Waals surface area contributed by atoms with Crippen molar-refractivity contribution in [2.75, 3.05) is 19.6 Å². The number of hydrogen-bond acceptors (Lipinski definition) is 2. The Morgan fingerprint density at radius 1 is 1.11 bits per heavy atom. The molecular weight excluding hydrogens is 232 g/mol. The van der Waals surface area contributed by atoms with Gasteiger partial charge in [-0.2, -0.15) is 0 Å². The van der Waals surface area contributed by atoms with Gasteiger partial charge in [0.05, 0.1) is 0 Å². The number of nitrogens with zero attached hydrogens (tertiary/aromatic N) is 1. The third kappa shape index (κ3) is 4.75. The molecule has 2 atom stereocenters. The number of nitrogens with one attached hydrogen (secondary N) is 1. The molecule has 0 aromatic heterocycles. The number of rotatable bonds is 6. The Bertz CT molecular complexity index is 246. The van der Waals surface area contributed by atoms with E-state index < -0.39 is 0 Å². The maximum Gasteiger partial charge on any atom is 0.0198 e. The molecule has 0 amide bonds. The first-order valence-electron chi connectivity index (χ1n) is 8.66. The minimum atomic E-state index is 0.704. The van der Waals surface area contributed by atoms with Crippen molar-refractivity contribution >= 4 is 0 Å². The molecule has 2 fully saturated rings. The fraction of sp³-hybridized carbons (Fsp3) is 1.00. The normalized spacial score (nSPS) is 30.3. The second kappa shape index (κ2) is 7.64. The van der Waals surface area contributed by atoms with Crippen LogP contribution in [0.3, 0.4) is 0 Å². The second-order valence-corrected chi connectivity index (χ2v) is 7.19. The maximum absolute atomic E-state index is 3.90. The van der Waals surface area contributed by atoms with E-state index in [1.165, 1.54) is 64.6 Å². The minimum absolute atomic E-state index is 0.704. The molecule has 2 aliphatic rings. The Morgan fingerprint density at radius 2 is 1.84 bits per heavy atom. The average molecular weight is 266 g/mol. The van der Waals surface area contributed by atoms with Crippen LogP contribution in [0.4, 0.5) is 0 Å². The smallest absolute Gasteiger partial charge is 0.0198 e. The lowest BCUT2D eigenvalue weighted by molar-refractivity contribution is 0.105. The summed E-state index contributed by atoms with van der Waals surface area (Å²) < 4.78 is 0. The molecule has 2 heteroatoms. The zero-order valence-corrected chi connectivity index (χ0v) is 13.3. The van der Waals surface area contributed by atoms with E-state index in [-0.39, 0.29) is 0 Å². The van der Waals surface area contributed by atoms with Crippen molar-refractivity contribution < 1.29 is 0 Å². The van der Waals surface area contributed by atoms with E-state index in [4.69, 9.17) is 0 Å². The lowest BCUT2D eigenvalue weighted by Gasteiger charge is -2.40. The van der Waals surface area contributed by atoms with E-state index in [1.54, 1.807) is 0 Å². The predicted molar refractivity (Wildman–Crippen MR) is 83.5 cm³/mol. The molecular formula is C17H34N2. The molecule has 112 valence electrons. The molecule has 1 heterocycles. The zero-order chi connectivity index (χ0) is 13.7. The van der Waals surface area contributed by atoms with Crippen molar-refractivity contribution in [3.05, 3.63) is 0 Å². The van der Waals surface area contributed by atoms with Gasteiger partial charge in [0.1, 0.15) is 0 Å². The summed E-state index contributed by atoms with van der Waals surface area (Å²) in [6.07, 6.45) is 10.0. The van der Waals surface area contributed by atoms with Crippen LogP contribution in [-0.4, -0.2) is 36.6 Å². The van der Waals surface area contributed by atoms with Gasteiger partial charge >= 0.3 is 0 Å². The van der Waals surface area contributed by atoms with E-state index in [0.717, 1.165) is 17.9 Å². The largest absolute Gasteiger partial charge is 0.312 e. The molecule has 2 unspecified atom stereocenters. The summed E-state index contributed by atoms with van der Waals surface area (Å²) in [5.41, 5.74) is 0. The molecule has 1 aliphatic carbocycles. The highest BCUT2D eigenvalue weighted by atomic mass is 15.2. The fourth-order valence-corrected chi connectivity index (χ4v) is 3.98. The van der Waals surface area contributed by atoms with E-state index in [1.807, 2.05) is 0 Å². The van der Waals surface area contributed by atoms with Crippen LogP contribution in [0.1, 0.15) is 65.7 Å². The number of likely N-dealkylation sites (tertiary alicyclic amines) is 1. The third-order valence-corrected chi connectivity index (χ3v) is 5.16. The van der Waals surface area contributed by atoms with Crippen molar-refractivity contribution in [2.24, 2.45) is 11.8 Å². The second-order valence-electron chi connectivity index (χ2n) is 7.19. The Labute approximate surface area is 120 Å². The van der Waals surface area contributed by atoms with Gasteiger partial charge in [-0.15, -0.1) is 0 Å². The van der Waals surface area contributed by atoms with Crippen molar-refractivity contribution in [3.63, 3.8) is 0 Å². The predicted octanol–water partition coefficient (Wildman–Crippen LogP) is 3.67. The quantitative estimate of drug-likeness (QED) is 0.789. The standard InChI is InChI=1S/C17H34N2/c1-4-7-16-10-17(13-19(12-16)14(2)3)18-11-15-8-5-6-9-15/h14-18H,4-13H2,1-3H3. The highest BCUT2D eigenvalue weighted by Gasteiger charge is 2.28. The van der Waals surface area contributed by atoms with Crippen LogP contribution in [0.2, 0.25) is 0 Å². The van der Waals surface area contributed by atoms with Crippen molar-refractivity contribution in [3.8, 4) is 0 Å². The molecule has 2 rings (SSSR count). The topological polar surface area (TPSA) is 15.3 Å². The highest BCUT2D eigenvalue weighted by molar-refractivity contribution is 4.85. The van der Waals surface area contributed by atoms with Gasteiger partial charge in [0, 0.05) is 25.2 Å². The van der Waals surface area contributed by atoms with Crippen molar-refractivity contribution in [1.29, 1.82) is 0 Å². The Hall–Kier alpha value is -0.0800. The Morgan fingerprint density at radius 3 is 2.47 bits per heavy atom. The van der Waals surface area contributed by atoms with Crippen molar-refractivity contribution in [1.82, 2.24) is 10.2 Å². The zero-order valence-electron chi connectivity index (χ0n) is 13.3. The van der Waals surface area contributed by atoms with Crippen LogP contribution in [0.5, 0.6) is 0 Å². The van der Waals surface area contributed by atoms with Crippen LogP contribution in [0.15, 0.2) is 0 Å². The fourth-order valence-electron chi connectivity index (χ4n) is 3.98. The molecule has 19 heavy (non-hydrogen) atoms. The summed E-state index contributed by atoms with van der Waals surface area (Å²) in [7, 11) is 0. The van der Waals surface area contributed by atoms with Crippen LogP contribution in [0.25, 0.3) is 0 Å². The van der Waals surface area contributed by atoms with E-state index in [9.17, 15) is 0 Å². The van der Waals surface area contributed by atoms with Crippen LogP contribution in [0, 0.1) is 11.8 Å². The first-order chi connectivity index (χ1) is 9.19. The van der Waals surface area contributed by atoms with E-state index >= 15 is 0 Å². The summed E-state index contributed by atoms with van der Waals surface area (Å²) in [6.45, 7) is 10.9. The van der Waals surface area contributed by atoms with Gasteiger partial charge < -0.3 is 5.32 Å². The molecule has 1 saturated heterocycles. The Balaban J connectivity index is 1.79. The molecule has 1 saturated carbocycles. The molecule has 0 spiro atoms. The van der Waals surface area contributed by atoms with Gasteiger partial charge in [-0.25, -0.2) is 0 Å². The van der Waals surface area contributed by atoms with Crippen molar-refractivity contribution in [2.45, 2.75) is 77.8 Å². The molecule has 0 aromatic rings. The number of hydrogen-bond donors (Lipinski definition) is 1. The van der Waals surface area contributed by atoms with Crippen LogP contribution < -0.4 is 5.32 Å². The molecule has 0 radical (unpaired) electrons. The van der Waals surface area contributed by atoms with Crippen LogP contribution >= 0.6 is 0 Å². The molecule has 0 bridgehead atoms. The molecule has 0 aromatic carbocycles. The SMILES string of the molecule is CCCC1CC(NCC2CCCC2)CN(C(C)C)C1. The van der Waals surface area contributed by atoms with Crippen LogP contribution in [-0.2, 0) is 0 Å². The average Bonchev–Trinajstić information content (AvgIpc) is 2.89. The monoisotopic (exact) mass is 266 g/mol. The minimum Gasteiger partial charge on any atom is -0.312 e. The summed E-state index contributed by atoms with van der Waals surface area (Å²) >= 11 is 0. The first-order valence-corrected chi connectivity index (χ1v) is 8.66. The Kier molecular flexibility index (Phi) is 6.15. The third-order valence-electron chi connectivity index (χ3n) is 5.16. The lowest BCUT2D eigenvalue weighted by atomic mass is 9.89. The molecule has 1 aliphatic heterocycles. The first kappa shape index (κ1) is 15.3.